The van der Waals surface area contributed by atoms with Crippen LogP contribution in [0.1, 0.15) is 6.42 Å². The van der Waals surface area contributed by atoms with Crippen LogP contribution in [-0.2, 0) is 0 Å². The van der Waals surface area contributed by atoms with Crippen molar-refractivity contribution in [3.05, 3.63) is 30.1 Å². The molecule has 92 valence electrons. The third-order valence-electron chi connectivity index (χ3n) is 1.88. The van der Waals surface area contributed by atoms with Crippen molar-refractivity contribution in [2.45, 2.75) is 6.42 Å². The van der Waals surface area contributed by atoms with E-state index in [4.69, 9.17) is 10.9 Å². The number of urea groups is 1. The first kappa shape index (κ1) is 12.8. The van der Waals surface area contributed by atoms with Crippen LogP contribution < -0.4 is 16.4 Å². The summed E-state index contributed by atoms with van der Waals surface area (Å²) in [5.41, 5.74) is 5.56. The number of halogens is 1. The highest BCUT2D eigenvalue weighted by Gasteiger charge is 2.02. The van der Waals surface area contributed by atoms with E-state index in [2.05, 4.69) is 15.8 Å². The Labute approximate surface area is 97.3 Å². The van der Waals surface area contributed by atoms with Crippen molar-refractivity contribution < 1.29 is 14.4 Å². The number of anilines is 1. The standard InChI is InChI=1S/C10H13FN4O2/c11-7-2-1-3-8(6-7)14-10(16)13-5-4-9(12)15-17/h1-3,6,17H,4-5H2,(H2,12,15)(H2,13,14,16). The summed E-state index contributed by atoms with van der Waals surface area (Å²) in [5, 5.41) is 15.9. The van der Waals surface area contributed by atoms with E-state index in [9.17, 15) is 9.18 Å². The molecule has 2 amide bonds. The average Bonchev–Trinajstić information content (AvgIpc) is 2.28. The highest BCUT2D eigenvalue weighted by Crippen LogP contribution is 2.08. The number of carbonyl (C=O) groups is 1. The lowest BCUT2D eigenvalue weighted by molar-refractivity contribution is 0.252. The minimum atomic E-state index is -0.485. The maximum Gasteiger partial charge on any atom is 0.319 e. The Balaban J connectivity index is 2.35. The summed E-state index contributed by atoms with van der Waals surface area (Å²) in [6.07, 6.45) is 0.229. The second kappa shape index (κ2) is 6.31. The Morgan fingerprint density at radius 2 is 2.29 bits per heavy atom. The third-order valence-corrected chi connectivity index (χ3v) is 1.88. The second-order valence-corrected chi connectivity index (χ2v) is 3.23. The van der Waals surface area contributed by atoms with Crippen LogP contribution in [0.25, 0.3) is 0 Å². The fourth-order valence-electron chi connectivity index (χ4n) is 1.10. The van der Waals surface area contributed by atoms with Crippen LogP contribution in [0.5, 0.6) is 0 Å². The molecule has 0 fully saturated rings. The zero-order valence-corrected chi connectivity index (χ0v) is 8.98. The van der Waals surface area contributed by atoms with Crippen LogP contribution in [0, 0.1) is 5.82 Å². The molecule has 6 nitrogen and oxygen atoms in total. The van der Waals surface area contributed by atoms with Crippen LogP contribution in [-0.4, -0.2) is 23.6 Å². The maximum atomic E-state index is 12.8. The molecule has 7 heteroatoms. The fourth-order valence-corrected chi connectivity index (χ4v) is 1.10. The lowest BCUT2D eigenvalue weighted by Crippen LogP contribution is -2.31. The number of carbonyl (C=O) groups excluding carboxylic acids is 1. The number of nitrogens with zero attached hydrogens (tertiary/aromatic N) is 1. The first-order chi connectivity index (χ1) is 8.11. The van der Waals surface area contributed by atoms with Gasteiger partial charge >= 0.3 is 6.03 Å². The summed E-state index contributed by atoms with van der Waals surface area (Å²) in [4.78, 5) is 11.3. The normalized spacial score (nSPS) is 11.0. The molecule has 5 N–H and O–H groups in total. The SMILES string of the molecule is NC(CCNC(=O)Nc1cccc(F)c1)=NO. The van der Waals surface area contributed by atoms with Gasteiger partial charge in [0.25, 0.3) is 0 Å². The van der Waals surface area contributed by atoms with Gasteiger partial charge in [-0.3, -0.25) is 0 Å². The van der Waals surface area contributed by atoms with E-state index >= 15 is 0 Å². The molecule has 1 aromatic rings. The number of amides is 2. The average molecular weight is 240 g/mol. The van der Waals surface area contributed by atoms with Crippen LogP contribution in [0.4, 0.5) is 14.9 Å². The molecule has 1 rings (SSSR count). The second-order valence-electron chi connectivity index (χ2n) is 3.23. The van der Waals surface area contributed by atoms with Gasteiger partial charge in [-0.15, -0.1) is 0 Å². The van der Waals surface area contributed by atoms with Crippen molar-refractivity contribution in [3.8, 4) is 0 Å². The van der Waals surface area contributed by atoms with Gasteiger partial charge in [-0.2, -0.15) is 0 Å². The molecule has 0 unspecified atom stereocenters. The predicted molar refractivity (Wildman–Crippen MR) is 61.4 cm³/mol. The molecule has 0 atom stereocenters. The van der Waals surface area contributed by atoms with Crippen LogP contribution >= 0.6 is 0 Å². The summed E-state index contributed by atoms with van der Waals surface area (Å²) in [6.45, 7) is 0.219. The monoisotopic (exact) mass is 240 g/mol. The molecular formula is C10H13FN4O2. The first-order valence-electron chi connectivity index (χ1n) is 4.88. The van der Waals surface area contributed by atoms with Gasteiger partial charge in [0.1, 0.15) is 11.7 Å². The van der Waals surface area contributed by atoms with Gasteiger partial charge < -0.3 is 21.6 Å². The van der Waals surface area contributed by atoms with Gasteiger partial charge in [-0.1, -0.05) is 11.2 Å². The van der Waals surface area contributed by atoms with Gasteiger partial charge in [-0.25, -0.2) is 9.18 Å². The van der Waals surface area contributed by atoms with Gasteiger partial charge in [0.2, 0.25) is 0 Å². The Kier molecular flexibility index (Phi) is 4.74. The zero-order chi connectivity index (χ0) is 12.7. The van der Waals surface area contributed by atoms with Gasteiger partial charge in [0.15, 0.2) is 0 Å². The van der Waals surface area contributed by atoms with E-state index < -0.39 is 11.8 Å². The number of rotatable bonds is 4. The van der Waals surface area contributed by atoms with Gasteiger partial charge in [0, 0.05) is 18.7 Å². The van der Waals surface area contributed by atoms with E-state index in [0.717, 1.165) is 0 Å². The largest absolute Gasteiger partial charge is 0.409 e. The van der Waals surface area contributed by atoms with Crippen molar-refractivity contribution in [1.82, 2.24) is 5.32 Å². The first-order valence-corrected chi connectivity index (χ1v) is 4.88. The molecule has 0 saturated heterocycles. The number of oxime groups is 1. The van der Waals surface area contributed by atoms with Crippen LogP contribution in [0.15, 0.2) is 29.4 Å². The van der Waals surface area contributed by atoms with Gasteiger partial charge in [0.05, 0.1) is 0 Å². The summed E-state index contributed by atoms with van der Waals surface area (Å²) >= 11 is 0. The van der Waals surface area contributed by atoms with Crippen molar-refractivity contribution in [3.63, 3.8) is 0 Å². The summed E-state index contributed by atoms with van der Waals surface area (Å²) in [5.74, 6) is -0.407. The topological polar surface area (TPSA) is 99.7 Å². The summed E-state index contributed by atoms with van der Waals surface area (Å²) in [7, 11) is 0. The van der Waals surface area contributed by atoms with E-state index in [0.29, 0.717) is 5.69 Å². The van der Waals surface area contributed by atoms with Crippen LogP contribution in [0.3, 0.4) is 0 Å². The number of hydrogen-bond donors (Lipinski definition) is 4. The number of nitrogens with two attached hydrogens (primary N) is 1. The van der Waals surface area contributed by atoms with E-state index in [1.54, 1.807) is 6.07 Å². The molecule has 0 saturated carbocycles. The minimum Gasteiger partial charge on any atom is -0.409 e. The molecule has 0 heterocycles. The van der Waals surface area contributed by atoms with E-state index in [1.807, 2.05) is 0 Å². The zero-order valence-electron chi connectivity index (χ0n) is 8.98. The smallest absolute Gasteiger partial charge is 0.319 e. The number of benzene rings is 1. The molecule has 0 aromatic heterocycles. The molecule has 0 aliphatic heterocycles. The van der Waals surface area contributed by atoms with Crippen molar-refractivity contribution in [2.75, 3.05) is 11.9 Å². The summed E-state index contributed by atoms with van der Waals surface area (Å²) < 4.78 is 12.8. The molecule has 1 aromatic carbocycles. The van der Waals surface area contributed by atoms with Gasteiger partial charge in [-0.05, 0) is 18.2 Å². The van der Waals surface area contributed by atoms with Crippen molar-refractivity contribution in [2.24, 2.45) is 10.9 Å². The van der Waals surface area contributed by atoms with E-state index in [-0.39, 0.29) is 18.8 Å². The summed E-state index contributed by atoms with van der Waals surface area (Å²) in [6, 6.07) is 5.04. The lowest BCUT2D eigenvalue weighted by Gasteiger charge is -2.06. The van der Waals surface area contributed by atoms with Crippen LogP contribution in [0.2, 0.25) is 0 Å². The Bertz CT molecular complexity index is 423. The highest BCUT2D eigenvalue weighted by atomic mass is 19.1. The quantitative estimate of drug-likeness (QED) is 0.274. The lowest BCUT2D eigenvalue weighted by atomic mass is 10.3. The third kappa shape index (κ3) is 4.83. The minimum absolute atomic E-state index is 0.0241. The molecule has 0 radical (unpaired) electrons. The molecular weight excluding hydrogens is 227 g/mol. The number of hydrogen-bond acceptors (Lipinski definition) is 3. The number of nitrogens with one attached hydrogen (secondary N) is 2. The highest BCUT2D eigenvalue weighted by molar-refractivity contribution is 5.89. The van der Waals surface area contributed by atoms with Crippen molar-refractivity contribution in [1.29, 1.82) is 0 Å². The predicted octanol–water partition coefficient (Wildman–Crippen LogP) is 1.08. The molecule has 17 heavy (non-hydrogen) atoms. The molecule has 0 aliphatic carbocycles. The molecule has 0 aliphatic rings. The molecule has 0 spiro atoms. The number of amidine groups is 1. The maximum absolute atomic E-state index is 12.8. The fraction of sp³-hybridized carbons (Fsp3) is 0.200. The Morgan fingerprint density at radius 1 is 1.53 bits per heavy atom. The Morgan fingerprint density at radius 3 is 2.94 bits per heavy atom. The van der Waals surface area contributed by atoms with E-state index in [1.165, 1.54) is 18.2 Å². The van der Waals surface area contributed by atoms with Crippen molar-refractivity contribution >= 4 is 17.6 Å². The molecule has 0 bridgehead atoms. The Hall–Kier alpha value is -2.31.